The SMILES string of the molecule is CCCC(C)CC(=O)C(OCC)C(C)C. The van der Waals surface area contributed by atoms with E-state index in [0.29, 0.717) is 18.9 Å². The molecule has 15 heavy (non-hydrogen) atoms. The second-order valence-corrected chi connectivity index (χ2v) is 4.68. The highest BCUT2D eigenvalue weighted by atomic mass is 16.5. The fourth-order valence-electron chi connectivity index (χ4n) is 1.89. The number of Topliss-reactive ketones (excluding diaryl/α,β-unsaturated/α-hetero) is 1. The number of ketones is 1. The van der Waals surface area contributed by atoms with E-state index in [2.05, 4.69) is 13.8 Å². The summed E-state index contributed by atoms with van der Waals surface area (Å²) in [6, 6.07) is 0. The first-order chi connectivity index (χ1) is 7.02. The quantitative estimate of drug-likeness (QED) is 0.618. The van der Waals surface area contributed by atoms with E-state index < -0.39 is 0 Å². The highest BCUT2D eigenvalue weighted by Crippen LogP contribution is 2.16. The Labute approximate surface area is 94.4 Å². The summed E-state index contributed by atoms with van der Waals surface area (Å²) in [5.41, 5.74) is 0. The van der Waals surface area contributed by atoms with Crippen LogP contribution < -0.4 is 0 Å². The molecule has 0 bridgehead atoms. The molecule has 2 nitrogen and oxygen atoms in total. The topological polar surface area (TPSA) is 26.3 Å². The van der Waals surface area contributed by atoms with Crippen molar-refractivity contribution in [3.05, 3.63) is 0 Å². The zero-order valence-corrected chi connectivity index (χ0v) is 10.9. The van der Waals surface area contributed by atoms with Gasteiger partial charge < -0.3 is 4.74 Å². The molecule has 0 amide bonds. The summed E-state index contributed by atoms with van der Waals surface area (Å²) in [7, 11) is 0. The Morgan fingerprint density at radius 1 is 1.20 bits per heavy atom. The molecule has 0 aromatic carbocycles. The molecular formula is C13H26O2. The minimum Gasteiger partial charge on any atom is -0.370 e. The van der Waals surface area contributed by atoms with Crippen LogP contribution in [0.1, 0.15) is 53.9 Å². The second kappa shape index (κ2) is 7.86. The lowest BCUT2D eigenvalue weighted by Gasteiger charge is -2.21. The van der Waals surface area contributed by atoms with E-state index >= 15 is 0 Å². The third-order valence-corrected chi connectivity index (χ3v) is 2.60. The van der Waals surface area contributed by atoms with Crippen molar-refractivity contribution in [3.63, 3.8) is 0 Å². The monoisotopic (exact) mass is 214 g/mol. The predicted octanol–water partition coefficient (Wildman–Crippen LogP) is 3.44. The maximum Gasteiger partial charge on any atom is 0.162 e. The summed E-state index contributed by atoms with van der Waals surface area (Å²) in [6.45, 7) is 11.0. The number of carbonyl (C=O) groups excluding carboxylic acids is 1. The Kier molecular flexibility index (Phi) is 7.67. The van der Waals surface area contributed by atoms with Gasteiger partial charge in [0.05, 0.1) is 0 Å². The van der Waals surface area contributed by atoms with Crippen LogP contribution in [0.4, 0.5) is 0 Å². The molecule has 0 saturated heterocycles. The lowest BCUT2D eigenvalue weighted by atomic mass is 9.93. The third kappa shape index (κ3) is 5.93. The van der Waals surface area contributed by atoms with Gasteiger partial charge in [0.2, 0.25) is 0 Å². The molecule has 0 radical (unpaired) electrons. The van der Waals surface area contributed by atoms with E-state index in [-0.39, 0.29) is 17.8 Å². The molecule has 0 fully saturated rings. The molecule has 0 aromatic rings. The van der Waals surface area contributed by atoms with E-state index in [9.17, 15) is 4.79 Å². The van der Waals surface area contributed by atoms with Crippen LogP contribution in [0.3, 0.4) is 0 Å². The van der Waals surface area contributed by atoms with Crippen molar-refractivity contribution < 1.29 is 9.53 Å². The maximum atomic E-state index is 11.9. The van der Waals surface area contributed by atoms with Crippen molar-refractivity contribution in [2.75, 3.05) is 6.61 Å². The molecule has 2 atom stereocenters. The van der Waals surface area contributed by atoms with Crippen LogP contribution in [-0.4, -0.2) is 18.5 Å². The number of carbonyl (C=O) groups is 1. The Bertz CT molecular complexity index is 175. The van der Waals surface area contributed by atoms with Gasteiger partial charge in [-0.25, -0.2) is 0 Å². The first kappa shape index (κ1) is 14.6. The summed E-state index contributed by atoms with van der Waals surface area (Å²) in [5, 5.41) is 0. The predicted molar refractivity (Wildman–Crippen MR) is 63.9 cm³/mol. The van der Waals surface area contributed by atoms with E-state index in [0.717, 1.165) is 12.8 Å². The van der Waals surface area contributed by atoms with Gasteiger partial charge in [-0.2, -0.15) is 0 Å². The van der Waals surface area contributed by atoms with Crippen molar-refractivity contribution in [3.8, 4) is 0 Å². The van der Waals surface area contributed by atoms with Gasteiger partial charge in [-0.15, -0.1) is 0 Å². The Balaban J connectivity index is 4.13. The molecule has 2 unspecified atom stereocenters. The number of ether oxygens (including phenoxy) is 1. The summed E-state index contributed by atoms with van der Waals surface area (Å²) in [5.74, 6) is 1.04. The van der Waals surface area contributed by atoms with Crippen molar-refractivity contribution in [2.45, 2.75) is 60.0 Å². The van der Waals surface area contributed by atoms with Gasteiger partial charge in [-0.05, 0) is 18.8 Å². The smallest absolute Gasteiger partial charge is 0.162 e. The lowest BCUT2D eigenvalue weighted by molar-refractivity contribution is -0.133. The Hall–Kier alpha value is -0.370. The largest absolute Gasteiger partial charge is 0.370 e. The van der Waals surface area contributed by atoms with Crippen LogP contribution in [0.15, 0.2) is 0 Å². The van der Waals surface area contributed by atoms with Gasteiger partial charge in [-0.1, -0.05) is 40.5 Å². The molecule has 90 valence electrons. The van der Waals surface area contributed by atoms with E-state index in [1.165, 1.54) is 0 Å². The van der Waals surface area contributed by atoms with Crippen molar-refractivity contribution in [1.82, 2.24) is 0 Å². The molecule has 0 saturated carbocycles. The van der Waals surface area contributed by atoms with Gasteiger partial charge in [0.15, 0.2) is 5.78 Å². The standard InChI is InChI=1S/C13H26O2/c1-6-8-11(5)9-12(14)13(10(3)4)15-7-2/h10-11,13H,6-9H2,1-5H3. The van der Waals surface area contributed by atoms with Crippen LogP contribution in [0.5, 0.6) is 0 Å². The fraction of sp³-hybridized carbons (Fsp3) is 0.923. The minimum absolute atomic E-state index is 0.200. The minimum atomic E-state index is -0.200. The maximum absolute atomic E-state index is 11.9. The van der Waals surface area contributed by atoms with Crippen molar-refractivity contribution in [1.29, 1.82) is 0 Å². The van der Waals surface area contributed by atoms with Gasteiger partial charge in [0, 0.05) is 13.0 Å². The number of rotatable bonds is 8. The highest BCUT2D eigenvalue weighted by molar-refractivity contribution is 5.83. The number of hydrogen-bond donors (Lipinski definition) is 0. The van der Waals surface area contributed by atoms with Crippen LogP contribution in [-0.2, 0) is 9.53 Å². The summed E-state index contributed by atoms with van der Waals surface area (Å²) in [6.07, 6.45) is 2.74. The number of hydrogen-bond acceptors (Lipinski definition) is 2. The zero-order valence-electron chi connectivity index (χ0n) is 10.9. The Morgan fingerprint density at radius 2 is 1.80 bits per heavy atom. The lowest BCUT2D eigenvalue weighted by Crippen LogP contribution is -2.30. The first-order valence-electron chi connectivity index (χ1n) is 6.17. The molecule has 0 aromatic heterocycles. The van der Waals surface area contributed by atoms with Crippen molar-refractivity contribution >= 4 is 5.78 Å². The van der Waals surface area contributed by atoms with Crippen LogP contribution in [0.25, 0.3) is 0 Å². The molecule has 2 heteroatoms. The fourth-order valence-corrected chi connectivity index (χ4v) is 1.89. The normalized spacial score (nSPS) is 15.3. The van der Waals surface area contributed by atoms with Crippen LogP contribution in [0.2, 0.25) is 0 Å². The molecular weight excluding hydrogens is 188 g/mol. The van der Waals surface area contributed by atoms with E-state index in [1.54, 1.807) is 0 Å². The van der Waals surface area contributed by atoms with Gasteiger partial charge in [0.25, 0.3) is 0 Å². The van der Waals surface area contributed by atoms with E-state index in [1.807, 2.05) is 20.8 Å². The van der Waals surface area contributed by atoms with Crippen LogP contribution >= 0.6 is 0 Å². The summed E-state index contributed by atoms with van der Waals surface area (Å²) >= 11 is 0. The van der Waals surface area contributed by atoms with Crippen molar-refractivity contribution in [2.24, 2.45) is 11.8 Å². The summed E-state index contributed by atoms with van der Waals surface area (Å²) < 4.78 is 5.49. The molecule has 0 heterocycles. The molecule has 0 rings (SSSR count). The molecule has 0 N–H and O–H groups in total. The average Bonchev–Trinajstić information content (AvgIpc) is 2.13. The average molecular weight is 214 g/mol. The summed E-state index contributed by atoms with van der Waals surface area (Å²) in [4.78, 5) is 11.9. The molecule has 0 aliphatic rings. The third-order valence-electron chi connectivity index (χ3n) is 2.60. The molecule has 0 aliphatic heterocycles. The highest BCUT2D eigenvalue weighted by Gasteiger charge is 2.23. The van der Waals surface area contributed by atoms with E-state index in [4.69, 9.17) is 4.74 Å². The van der Waals surface area contributed by atoms with Gasteiger partial charge in [0.1, 0.15) is 6.10 Å². The van der Waals surface area contributed by atoms with Gasteiger partial charge >= 0.3 is 0 Å². The van der Waals surface area contributed by atoms with Gasteiger partial charge in [-0.3, -0.25) is 4.79 Å². The van der Waals surface area contributed by atoms with Crippen LogP contribution in [0, 0.1) is 11.8 Å². The zero-order chi connectivity index (χ0) is 11.8. The molecule has 0 aliphatic carbocycles. The Morgan fingerprint density at radius 3 is 2.20 bits per heavy atom. The second-order valence-electron chi connectivity index (χ2n) is 4.68. The first-order valence-corrected chi connectivity index (χ1v) is 6.17. The molecule has 0 spiro atoms.